The van der Waals surface area contributed by atoms with Crippen LogP contribution in [0.4, 0.5) is 8.78 Å². The Bertz CT molecular complexity index is 931. The number of benzene rings is 1. The van der Waals surface area contributed by atoms with Gasteiger partial charge in [0.15, 0.2) is 11.4 Å². The molecule has 1 aromatic heterocycles. The third-order valence-electron chi connectivity index (χ3n) is 4.35. The molecule has 1 aliphatic rings. The maximum Gasteiger partial charge on any atom is 0.246 e. The Morgan fingerprint density at radius 3 is 2.48 bits per heavy atom. The highest BCUT2D eigenvalue weighted by Crippen LogP contribution is 2.20. The summed E-state index contributed by atoms with van der Waals surface area (Å²) in [7, 11) is -2.17. The van der Waals surface area contributed by atoms with Gasteiger partial charge in [0, 0.05) is 19.4 Å². The molecule has 1 fully saturated rings. The number of nitrogens with zero attached hydrogens (tertiary/aromatic N) is 3. The van der Waals surface area contributed by atoms with Crippen LogP contribution in [-0.2, 0) is 23.7 Å². The van der Waals surface area contributed by atoms with E-state index in [0.29, 0.717) is 24.5 Å². The highest BCUT2D eigenvalue weighted by atomic mass is 32.2. The van der Waals surface area contributed by atoms with Crippen molar-refractivity contribution in [3.05, 3.63) is 47.0 Å². The Kier molecular flexibility index (Phi) is 5.05. The van der Waals surface area contributed by atoms with Gasteiger partial charge in [-0.15, -0.1) is 0 Å². The van der Waals surface area contributed by atoms with Crippen molar-refractivity contribution in [1.82, 2.24) is 13.4 Å². The summed E-state index contributed by atoms with van der Waals surface area (Å²) in [5, 5.41) is 0. The SMILES string of the molecule is Cn1ccn(C[NH+]2CCN(S(=O)(=O)c3cc(F)ccc3F)CC2)c1=S. The molecule has 1 saturated heterocycles. The maximum absolute atomic E-state index is 13.8. The van der Waals surface area contributed by atoms with Gasteiger partial charge in [0.1, 0.15) is 16.5 Å². The van der Waals surface area contributed by atoms with Crippen LogP contribution >= 0.6 is 12.2 Å². The number of hydrogen-bond donors (Lipinski definition) is 1. The lowest BCUT2D eigenvalue weighted by Gasteiger charge is -2.31. The standard InChI is InChI=1S/C15H18F2N4O2S2/c1-18-4-7-20(15(18)24)11-19-5-8-21(9-6-19)25(22,23)14-10-12(16)2-3-13(14)17/h2-4,7,10H,5-6,8-9,11H2,1H3/p+1. The smallest absolute Gasteiger partial charge is 0.246 e. The Morgan fingerprint density at radius 2 is 1.88 bits per heavy atom. The summed E-state index contributed by atoms with van der Waals surface area (Å²) < 4.78 is 58.0. The first-order chi connectivity index (χ1) is 11.8. The van der Waals surface area contributed by atoms with Gasteiger partial charge in [0.05, 0.1) is 26.2 Å². The highest BCUT2D eigenvalue weighted by molar-refractivity contribution is 7.89. The average molecular weight is 389 g/mol. The normalized spacial score (nSPS) is 17.1. The fourth-order valence-electron chi connectivity index (χ4n) is 2.89. The van der Waals surface area contributed by atoms with Crippen molar-refractivity contribution in [2.24, 2.45) is 7.05 Å². The first-order valence-corrected chi connectivity index (χ1v) is 9.64. The van der Waals surface area contributed by atoms with Gasteiger partial charge in [-0.25, -0.2) is 17.2 Å². The second-order valence-corrected chi connectivity index (χ2v) is 8.32. The molecule has 0 radical (unpaired) electrons. The number of aryl methyl sites for hydroxylation is 1. The predicted octanol–water partition coefficient (Wildman–Crippen LogP) is 0.381. The van der Waals surface area contributed by atoms with Crippen molar-refractivity contribution in [2.75, 3.05) is 26.2 Å². The van der Waals surface area contributed by atoms with Gasteiger partial charge in [0.2, 0.25) is 10.0 Å². The Hall–Kier alpha value is -1.62. The highest BCUT2D eigenvalue weighted by Gasteiger charge is 2.32. The minimum atomic E-state index is -4.04. The number of rotatable bonds is 4. The topological polar surface area (TPSA) is 51.7 Å². The molecule has 10 heteroatoms. The number of nitrogens with one attached hydrogen (secondary N) is 1. The van der Waals surface area contributed by atoms with Crippen LogP contribution < -0.4 is 4.90 Å². The molecular weight excluding hydrogens is 370 g/mol. The summed E-state index contributed by atoms with van der Waals surface area (Å²) in [5.41, 5.74) is 0. The lowest BCUT2D eigenvalue weighted by atomic mass is 10.3. The van der Waals surface area contributed by atoms with Crippen molar-refractivity contribution < 1.29 is 22.1 Å². The van der Waals surface area contributed by atoms with E-state index in [1.54, 1.807) is 0 Å². The summed E-state index contributed by atoms with van der Waals surface area (Å²) in [4.78, 5) is 0.565. The van der Waals surface area contributed by atoms with Crippen LogP contribution in [0.5, 0.6) is 0 Å². The summed E-state index contributed by atoms with van der Waals surface area (Å²) in [5.74, 6) is -1.71. The van der Waals surface area contributed by atoms with E-state index in [1.807, 2.05) is 28.6 Å². The number of halogens is 2. The zero-order chi connectivity index (χ0) is 18.2. The molecule has 1 aliphatic heterocycles. The summed E-state index contributed by atoms with van der Waals surface area (Å²) in [6, 6.07) is 2.47. The molecule has 136 valence electrons. The first-order valence-electron chi connectivity index (χ1n) is 7.79. The molecule has 1 aromatic carbocycles. The van der Waals surface area contributed by atoms with Crippen LogP contribution in [0.1, 0.15) is 0 Å². The molecule has 0 unspecified atom stereocenters. The van der Waals surface area contributed by atoms with E-state index >= 15 is 0 Å². The van der Waals surface area contributed by atoms with E-state index < -0.39 is 26.6 Å². The van der Waals surface area contributed by atoms with Gasteiger partial charge in [0.25, 0.3) is 0 Å². The summed E-state index contributed by atoms with van der Waals surface area (Å²) >= 11 is 5.30. The number of hydrogen-bond acceptors (Lipinski definition) is 3. The molecule has 0 amide bonds. The third-order valence-corrected chi connectivity index (χ3v) is 6.79. The molecule has 0 bridgehead atoms. The number of piperazine rings is 1. The van der Waals surface area contributed by atoms with Gasteiger partial charge in [-0.3, -0.25) is 4.57 Å². The van der Waals surface area contributed by atoms with Gasteiger partial charge in [-0.1, -0.05) is 0 Å². The number of sulfonamides is 1. The molecule has 3 rings (SSSR count). The molecule has 1 N–H and O–H groups in total. The lowest BCUT2D eigenvalue weighted by molar-refractivity contribution is -0.926. The fraction of sp³-hybridized carbons (Fsp3) is 0.400. The van der Waals surface area contributed by atoms with Crippen LogP contribution in [0.3, 0.4) is 0 Å². The second kappa shape index (κ2) is 6.94. The molecule has 2 aromatic rings. The second-order valence-electron chi connectivity index (χ2n) is 6.05. The van der Waals surface area contributed by atoms with E-state index in [-0.39, 0.29) is 13.1 Å². The van der Waals surface area contributed by atoms with E-state index in [2.05, 4.69) is 0 Å². The van der Waals surface area contributed by atoms with Crippen molar-refractivity contribution in [2.45, 2.75) is 11.6 Å². The van der Waals surface area contributed by atoms with Crippen molar-refractivity contribution in [3.63, 3.8) is 0 Å². The lowest BCUT2D eigenvalue weighted by Crippen LogP contribution is -3.14. The van der Waals surface area contributed by atoms with E-state index in [1.165, 1.54) is 9.21 Å². The van der Waals surface area contributed by atoms with Crippen LogP contribution in [0.25, 0.3) is 0 Å². The Labute approximate surface area is 149 Å². The van der Waals surface area contributed by atoms with Gasteiger partial charge in [-0.05, 0) is 30.4 Å². The zero-order valence-corrected chi connectivity index (χ0v) is 15.3. The van der Waals surface area contributed by atoms with Crippen LogP contribution in [0.2, 0.25) is 0 Å². The van der Waals surface area contributed by atoms with Crippen molar-refractivity contribution in [3.8, 4) is 0 Å². The van der Waals surface area contributed by atoms with E-state index in [0.717, 1.165) is 18.2 Å². The summed E-state index contributed by atoms with van der Waals surface area (Å²) in [6.45, 7) is 2.25. The third kappa shape index (κ3) is 3.66. The van der Waals surface area contributed by atoms with Gasteiger partial charge < -0.3 is 9.47 Å². The fourth-order valence-corrected chi connectivity index (χ4v) is 4.59. The molecule has 2 heterocycles. The van der Waals surface area contributed by atoms with Crippen LogP contribution in [-0.4, -0.2) is 48.0 Å². The molecule has 25 heavy (non-hydrogen) atoms. The van der Waals surface area contributed by atoms with Crippen molar-refractivity contribution >= 4 is 22.2 Å². The molecule has 0 spiro atoms. The number of quaternary nitrogens is 1. The minimum absolute atomic E-state index is 0.244. The Morgan fingerprint density at radius 1 is 1.20 bits per heavy atom. The first kappa shape index (κ1) is 18.2. The molecule has 0 atom stereocenters. The predicted molar refractivity (Wildman–Crippen MR) is 90.1 cm³/mol. The molecule has 0 saturated carbocycles. The van der Waals surface area contributed by atoms with E-state index in [4.69, 9.17) is 12.2 Å². The molecule has 6 nitrogen and oxygen atoms in total. The summed E-state index contributed by atoms with van der Waals surface area (Å²) in [6.07, 6.45) is 3.76. The van der Waals surface area contributed by atoms with Crippen LogP contribution in [0.15, 0.2) is 35.5 Å². The van der Waals surface area contributed by atoms with E-state index in [9.17, 15) is 17.2 Å². The number of aromatic nitrogens is 2. The quantitative estimate of drug-likeness (QED) is 0.770. The average Bonchev–Trinajstić information content (AvgIpc) is 2.89. The maximum atomic E-state index is 13.8. The molecular formula is C15H19F2N4O2S2+. The zero-order valence-electron chi connectivity index (χ0n) is 13.7. The van der Waals surface area contributed by atoms with Gasteiger partial charge in [-0.2, -0.15) is 4.31 Å². The largest absolute Gasteiger partial charge is 0.327 e. The van der Waals surface area contributed by atoms with Crippen LogP contribution in [0, 0.1) is 16.4 Å². The molecule has 0 aliphatic carbocycles. The van der Waals surface area contributed by atoms with Crippen molar-refractivity contribution in [1.29, 1.82) is 0 Å². The monoisotopic (exact) mass is 389 g/mol. The Balaban J connectivity index is 1.70. The van der Waals surface area contributed by atoms with Gasteiger partial charge >= 0.3 is 0 Å². The minimum Gasteiger partial charge on any atom is -0.327 e. The number of imidazole rings is 1.